The van der Waals surface area contributed by atoms with Crippen LogP contribution in [0.5, 0.6) is 5.75 Å². The molecule has 0 spiro atoms. The summed E-state index contributed by atoms with van der Waals surface area (Å²) in [4.78, 5) is 0. The summed E-state index contributed by atoms with van der Waals surface area (Å²) >= 11 is 5.87. The molecular weight excluding hydrogens is 248 g/mol. The van der Waals surface area contributed by atoms with E-state index >= 15 is 0 Å². The van der Waals surface area contributed by atoms with Gasteiger partial charge in [0.25, 0.3) is 0 Å². The van der Waals surface area contributed by atoms with Crippen LogP contribution in [-0.4, -0.2) is 13.2 Å². The molecule has 0 aliphatic rings. The Hall–Kier alpha value is -0.870. The van der Waals surface area contributed by atoms with Crippen molar-refractivity contribution in [2.24, 2.45) is 0 Å². The van der Waals surface area contributed by atoms with Crippen LogP contribution in [0.3, 0.4) is 0 Å². The maximum atomic E-state index is 12.0. The van der Waals surface area contributed by atoms with Gasteiger partial charge in [-0.3, -0.25) is 0 Å². The number of halogens is 3. The summed E-state index contributed by atoms with van der Waals surface area (Å²) < 4.78 is 28.3. The minimum absolute atomic E-state index is 0.00751. The normalized spacial score (nSPS) is 12.8. The number of benzene rings is 1. The summed E-state index contributed by atoms with van der Waals surface area (Å²) in [6.45, 7) is 2.11. The van der Waals surface area contributed by atoms with Crippen molar-refractivity contribution in [3.8, 4) is 5.75 Å². The first-order valence-corrected chi connectivity index (χ1v) is 5.90. The third-order valence-electron chi connectivity index (χ3n) is 2.37. The predicted octanol–water partition coefficient (Wildman–Crippen LogP) is 4.00. The van der Waals surface area contributed by atoms with Gasteiger partial charge in [0.2, 0.25) is 0 Å². The van der Waals surface area contributed by atoms with Crippen molar-refractivity contribution in [1.29, 1.82) is 0 Å². The Morgan fingerprint density at radius 1 is 1.41 bits per heavy atom. The van der Waals surface area contributed by atoms with E-state index in [0.29, 0.717) is 0 Å². The summed E-state index contributed by atoms with van der Waals surface area (Å²) in [5.74, 6) is 0.00751. The minimum atomic E-state index is -2.85. The summed E-state index contributed by atoms with van der Waals surface area (Å²) in [7, 11) is 0. The van der Waals surface area contributed by atoms with Crippen LogP contribution in [0.2, 0.25) is 5.02 Å². The number of hydrogen-bond donors (Lipinski definition) is 1. The molecule has 1 aromatic rings. The average molecular weight is 264 g/mol. The molecule has 1 unspecified atom stereocenters. The zero-order valence-electron chi connectivity index (χ0n) is 9.84. The average Bonchev–Trinajstić information content (AvgIpc) is 2.28. The SMILES string of the molecule is CCCNC(C)c1ccc(OC(F)F)c(Cl)c1. The fourth-order valence-corrected chi connectivity index (χ4v) is 1.69. The van der Waals surface area contributed by atoms with E-state index in [2.05, 4.69) is 17.0 Å². The van der Waals surface area contributed by atoms with Gasteiger partial charge < -0.3 is 10.1 Å². The van der Waals surface area contributed by atoms with Crippen molar-refractivity contribution < 1.29 is 13.5 Å². The lowest BCUT2D eigenvalue weighted by atomic mass is 10.1. The third-order valence-corrected chi connectivity index (χ3v) is 2.67. The monoisotopic (exact) mass is 263 g/mol. The van der Waals surface area contributed by atoms with E-state index in [0.717, 1.165) is 18.5 Å². The van der Waals surface area contributed by atoms with Gasteiger partial charge in [-0.25, -0.2) is 0 Å². The molecule has 0 aromatic heterocycles. The van der Waals surface area contributed by atoms with Gasteiger partial charge in [-0.2, -0.15) is 8.78 Å². The third kappa shape index (κ3) is 4.48. The van der Waals surface area contributed by atoms with Gasteiger partial charge in [0.15, 0.2) is 0 Å². The van der Waals surface area contributed by atoms with Crippen molar-refractivity contribution in [1.82, 2.24) is 5.32 Å². The van der Waals surface area contributed by atoms with Gasteiger partial charge in [0.1, 0.15) is 5.75 Å². The van der Waals surface area contributed by atoms with Crippen molar-refractivity contribution in [3.63, 3.8) is 0 Å². The van der Waals surface area contributed by atoms with Crippen LogP contribution in [0.1, 0.15) is 31.9 Å². The van der Waals surface area contributed by atoms with Crippen LogP contribution in [0.25, 0.3) is 0 Å². The molecule has 0 bridgehead atoms. The molecule has 1 aromatic carbocycles. The fraction of sp³-hybridized carbons (Fsp3) is 0.500. The number of hydrogen-bond acceptors (Lipinski definition) is 2. The number of rotatable bonds is 6. The second-order valence-corrected chi connectivity index (χ2v) is 4.15. The predicted molar refractivity (Wildman–Crippen MR) is 64.8 cm³/mol. The molecule has 1 atom stereocenters. The van der Waals surface area contributed by atoms with E-state index in [9.17, 15) is 8.78 Å². The molecule has 1 N–H and O–H groups in total. The zero-order valence-corrected chi connectivity index (χ0v) is 10.6. The van der Waals surface area contributed by atoms with Crippen molar-refractivity contribution in [2.45, 2.75) is 32.9 Å². The molecule has 0 fully saturated rings. The number of ether oxygens (including phenoxy) is 1. The molecule has 2 nitrogen and oxygen atoms in total. The molecule has 0 heterocycles. The first kappa shape index (κ1) is 14.2. The van der Waals surface area contributed by atoms with Crippen LogP contribution in [0.4, 0.5) is 8.78 Å². The van der Waals surface area contributed by atoms with Gasteiger partial charge in [0, 0.05) is 6.04 Å². The van der Waals surface area contributed by atoms with Crippen molar-refractivity contribution >= 4 is 11.6 Å². The number of alkyl halides is 2. The zero-order chi connectivity index (χ0) is 12.8. The fourth-order valence-electron chi connectivity index (χ4n) is 1.46. The van der Waals surface area contributed by atoms with Crippen LogP contribution < -0.4 is 10.1 Å². The topological polar surface area (TPSA) is 21.3 Å². The Balaban J connectivity index is 2.73. The molecule has 1 rings (SSSR count). The molecular formula is C12H16ClF2NO. The Morgan fingerprint density at radius 2 is 2.12 bits per heavy atom. The second-order valence-electron chi connectivity index (χ2n) is 3.74. The lowest BCUT2D eigenvalue weighted by molar-refractivity contribution is -0.0497. The molecule has 0 saturated carbocycles. The van der Waals surface area contributed by atoms with Gasteiger partial charge in [-0.1, -0.05) is 24.6 Å². The maximum Gasteiger partial charge on any atom is 0.387 e. The molecule has 5 heteroatoms. The molecule has 0 aliphatic carbocycles. The van der Waals surface area contributed by atoms with Crippen LogP contribution in [0.15, 0.2) is 18.2 Å². The summed E-state index contributed by atoms with van der Waals surface area (Å²) in [6.07, 6.45) is 1.03. The largest absolute Gasteiger partial charge is 0.433 e. The second kappa shape index (κ2) is 6.77. The summed E-state index contributed by atoms with van der Waals surface area (Å²) in [5.41, 5.74) is 0.949. The van der Waals surface area contributed by atoms with Crippen molar-refractivity contribution in [2.75, 3.05) is 6.54 Å². The molecule has 17 heavy (non-hydrogen) atoms. The Bertz CT molecular complexity index is 360. The lowest BCUT2D eigenvalue weighted by Gasteiger charge is -2.15. The molecule has 0 radical (unpaired) electrons. The summed E-state index contributed by atoms with van der Waals surface area (Å²) in [6, 6.07) is 4.98. The highest BCUT2D eigenvalue weighted by Crippen LogP contribution is 2.29. The maximum absolute atomic E-state index is 12.0. The van der Waals surface area contributed by atoms with Gasteiger partial charge in [-0.05, 0) is 37.6 Å². The van der Waals surface area contributed by atoms with Crippen LogP contribution in [-0.2, 0) is 0 Å². The molecule has 0 aliphatic heterocycles. The van der Waals surface area contributed by atoms with E-state index in [4.69, 9.17) is 11.6 Å². The van der Waals surface area contributed by atoms with E-state index < -0.39 is 6.61 Å². The standard InChI is InChI=1S/C12H16ClF2NO/c1-3-6-16-8(2)9-4-5-11(10(13)7-9)17-12(14)15/h4-5,7-8,12,16H,3,6H2,1-2H3. The minimum Gasteiger partial charge on any atom is -0.433 e. The van der Waals surface area contributed by atoms with E-state index in [1.165, 1.54) is 6.07 Å². The van der Waals surface area contributed by atoms with E-state index in [1.807, 2.05) is 6.92 Å². The van der Waals surface area contributed by atoms with Gasteiger partial charge in [-0.15, -0.1) is 0 Å². The van der Waals surface area contributed by atoms with Crippen molar-refractivity contribution in [3.05, 3.63) is 28.8 Å². The van der Waals surface area contributed by atoms with Crippen LogP contribution >= 0.6 is 11.6 Å². The Morgan fingerprint density at radius 3 is 2.65 bits per heavy atom. The Labute approximate surface area is 105 Å². The molecule has 0 saturated heterocycles. The first-order valence-electron chi connectivity index (χ1n) is 5.52. The van der Waals surface area contributed by atoms with E-state index in [1.54, 1.807) is 12.1 Å². The Kier molecular flexibility index (Phi) is 5.65. The smallest absolute Gasteiger partial charge is 0.387 e. The highest BCUT2D eigenvalue weighted by Gasteiger charge is 2.11. The highest BCUT2D eigenvalue weighted by molar-refractivity contribution is 6.32. The van der Waals surface area contributed by atoms with Gasteiger partial charge in [0.05, 0.1) is 5.02 Å². The molecule has 96 valence electrons. The first-order chi connectivity index (χ1) is 8.04. The van der Waals surface area contributed by atoms with Crippen LogP contribution in [0, 0.1) is 0 Å². The highest BCUT2D eigenvalue weighted by atomic mass is 35.5. The molecule has 0 amide bonds. The number of nitrogens with one attached hydrogen (secondary N) is 1. The quantitative estimate of drug-likeness (QED) is 0.838. The van der Waals surface area contributed by atoms with E-state index in [-0.39, 0.29) is 16.8 Å². The van der Waals surface area contributed by atoms with Gasteiger partial charge >= 0.3 is 6.61 Å². The summed E-state index contributed by atoms with van der Waals surface area (Å²) in [5, 5.41) is 3.49. The lowest BCUT2D eigenvalue weighted by Crippen LogP contribution is -2.19.